The van der Waals surface area contributed by atoms with Crippen molar-refractivity contribution in [2.24, 2.45) is 5.92 Å². The Bertz CT molecular complexity index is 333. The number of nitrogens with one attached hydrogen (secondary N) is 1. The van der Waals surface area contributed by atoms with Crippen LogP contribution in [0.1, 0.15) is 30.4 Å². The summed E-state index contributed by atoms with van der Waals surface area (Å²) in [7, 11) is 1.99. The smallest absolute Gasteiger partial charge is 0.0719 e. The molecule has 1 aromatic rings. The molecule has 0 bridgehead atoms. The van der Waals surface area contributed by atoms with Crippen LogP contribution in [0.3, 0.4) is 0 Å². The van der Waals surface area contributed by atoms with E-state index in [4.69, 9.17) is 4.74 Å². The number of rotatable bonds is 8. The molecule has 0 spiro atoms. The van der Waals surface area contributed by atoms with Crippen LogP contribution in [0.25, 0.3) is 0 Å². The summed E-state index contributed by atoms with van der Waals surface area (Å²) in [6.45, 7) is 2.72. The van der Waals surface area contributed by atoms with Gasteiger partial charge in [-0.3, -0.25) is 0 Å². The Morgan fingerprint density at radius 1 is 1.24 bits per heavy atom. The van der Waals surface area contributed by atoms with Gasteiger partial charge in [-0.25, -0.2) is 0 Å². The highest BCUT2D eigenvalue weighted by atomic mass is 16.5. The fourth-order valence-corrected chi connectivity index (χ4v) is 2.04. The van der Waals surface area contributed by atoms with E-state index in [1.165, 1.54) is 30.4 Å². The Labute approximate surface area is 104 Å². The van der Waals surface area contributed by atoms with Crippen molar-refractivity contribution >= 4 is 0 Å². The molecule has 0 saturated heterocycles. The van der Waals surface area contributed by atoms with Gasteiger partial charge < -0.3 is 10.1 Å². The average Bonchev–Trinajstić information content (AvgIpc) is 3.17. The van der Waals surface area contributed by atoms with Crippen molar-refractivity contribution < 1.29 is 4.74 Å². The molecule has 0 unspecified atom stereocenters. The van der Waals surface area contributed by atoms with Crippen molar-refractivity contribution in [3.8, 4) is 0 Å². The predicted octanol–water partition coefficient (Wildman–Crippen LogP) is 2.77. The number of ether oxygens (including phenoxy) is 1. The lowest BCUT2D eigenvalue weighted by Crippen LogP contribution is -2.11. The molecule has 0 aliphatic heterocycles. The van der Waals surface area contributed by atoms with Gasteiger partial charge in [-0.05, 0) is 43.5 Å². The number of hydrogen-bond acceptors (Lipinski definition) is 2. The third-order valence-corrected chi connectivity index (χ3v) is 3.39. The lowest BCUT2D eigenvalue weighted by Gasteiger charge is -2.10. The van der Waals surface area contributed by atoms with Gasteiger partial charge in [0, 0.05) is 6.61 Å². The zero-order valence-corrected chi connectivity index (χ0v) is 10.7. The van der Waals surface area contributed by atoms with E-state index in [-0.39, 0.29) is 0 Å². The highest BCUT2D eigenvalue weighted by Gasteiger charge is 2.20. The largest absolute Gasteiger partial charge is 0.377 e. The van der Waals surface area contributed by atoms with E-state index in [1.54, 1.807) is 0 Å². The van der Waals surface area contributed by atoms with Crippen molar-refractivity contribution in [2.75, 3.05) is 20.2 Å². The number of likely N-dealkylation sites (N-methyl/N-ethyl adjacent to an activating group) is 1. The molecule has 94 valence electrons. The lowest BCUT2D eigenvalue weighted by atomic mass is 10.1. The summed E-state index contributed by atoms with van der Waals surface area (Å²) in [6.07, 6.45) is 5.17. The first-order chi connectivity index (χ1) is 8.40. The summed E-state index contributed by atoms with van der Waals surface area (Å²) in [4.78, 5) is 0. The molecule has 2 heteroatoms. The van der Waals surface area contributed by atoms with E-state index in [9.17, 15) is 0 Å². The molecule has 1 aliphatic carbocycles. The molecule has 0 aromatic heterocycles. The lowest BCUT2D eigenvalue weighted by molar-refractivity contribution is 0.114. The third-order valence-electron chi connectivity index (χ3n) is 3.39. The maximum atomic E-state index is 5.77. The highest BCUT2D eigenvalue weighted by molar-refractivity contribution is 5.26. The van der Waals surface area contributed by atoms with E-state index in [1.807, 2.05) is 7.05 Å². The zero-order chi connectivity index (χ0) is 11.9. The van der Waals surface area contributed by atoms with Crippen LogP contribution < -0.4 is 5.32 Å². The van der Waals surface area contributed by atoms with Crippen molar-refractivity contribution in [2.45, 2.75) is 32.3 Å². The summed E-state index contributed by atoms with van der Waals surface area (Å²) in [5, 5.41) is 3.19. The van der Waals surface area contributed by atoms with Gasteiger partial charge in [0.15, 0.2) is 0 Å². The second kappa shape index (κ2) is 6.77. The Kier molecular flexibility index (Phi) is 5.02. The summed E-state index contributed by atoms with van der Waals surface area (Å²) < 4.78 is 5.77. The second-order valence-corrected chi connectivity index (χ2v) is 4.91. The molecule has 0 amide bonds. The fraction of sp³-hybridized carbons (Fsp3) is 0.600. The summed E-state index contributed by atoms with van der Waals surface area (Å²) in [5.74, 6) is 0.967. The van der Waals surface area contributed by atoms with Crippen LogP contribution in [-0.2, 0) is 17.8 Å². The summed E-state index contributed by atoms with van der Waals surface area (Å²) >= 11 is 0. The minimum Gasteiger partial charge on any atom is -0.377 e. The Morgan fingerprint density at radius 2 is 2.00 bits per heavy atom. The predicted molar refractivity (Wildman–Crippen MR) is 71.1 cm³/mol. The summed E-state index contributed by atoms with van der Waals surface area (Å²) in [6, 6.07) is 8.60. The van der Waals surface area contributed by atoms with Crippen molar-refractivity contribution in [3.05, 3.63) is 35.4 Å². The standard InChI is InChI=1S/C15H23NO/c1-16-10-8-14-4-2-3-5-15(14)12-17-11-9-13-6-7-13/h2-5,13,16H,6-12H2,1H3. The SMILES string of the molecule is CNCCc1ccccc1COCCC1CC1. The van der Waals surface area contributed by atoms with Gasteiger partial charge in [-0.2, -0.15) is 0 Å². The van der Waals surface area contributed by atoms with Gasteiger partial charge in [-0.15, -0.1) is 0 Å². The van der Waals surface area contributed by atoms with Gasteiger partial charge in [0.05, 0.1) is 6.61 Å². The van der Waals surface area contributed by atoms with Crippen LogP contribution in [0.5, 0.6) is 0 Å². The van der Waals surface area contributed by atoms with Crippen LogP contribution in [0.4, 0.5) is 0 Å². The molecule has 0 radical (unpaired) electrons. The van der Waals surface area contributed by atoms with Gasteiger partial charge in [0.25, 0.3) is 0 Å². The second-order valence-electron chi connectivity index (χ2n) is 4.91. The molecule has 2 rings (SSSR count). The number of benzene rings is 1. The Balaban J connectivity index is 1.76. The highest BCUT2D eigenvalue weighted by Crippen LogP contribution is 2.32. The first-order valence-corrected chi connectivity index (χ1v) is 6.69. The molecule has 1 N–H and O–H groups in total. The molecule has 17 heavy (non-hydrogen) atoms. The van der Waals surface area contributed by atoms with Crippen molar-refractivity contribution in [1.82, 2.24) is 5.32 Å². The van der Waals surface area contributed by atoms with Crippen LogP contribution in [0.2, 0.25) is 0 Å². The molecule has 2 nitrogen and oxygen atoms in total. The van der Waals surface area contributed by atoms with Crippen molar-refractivity contribution in [1.29, 1.82) is 0 Å². The first kappa shape index (κ1) is 12.6. The topological polar surface area (TPSA) is 21.3 Å². The van der Waals surface area contributed by atoms with Gasteiger partial charge in [0.1, 0.15) is 0 Å². The van der Waals surface area contributed by atoms with Gasteiger partial charge in [-0.1, -0.05) is 37.1 Å². The van der Waals surface area contributed by atoms with Crippen molar-refractivity contribution in [3.63, 3.8) is 0 Å². The molecular weight excluding hydrogens is 210 g/mol. The minimum absolute atomic E-state index is 0.770. The van der Waals surface area contributed by atoms with E-state index in [0.717, 1.165) is 32.1 Å². The molecule has 1 saturated carbocycles. The normalized spacial score (nSPS) is 15.1. The minimum atomic E-state index is 0.770. The molecular formula is C15H23NO. The monoisotopic (exact) mass is 233 g/mol. The van der Waals surface area contributed by atoms with Gasteiger partial charge >= 0.3 is 0 Å². The quantitative estimate of drug-likeness (QED) is 0.697. The Hall–Kier alpha value is -0.860. The van der Waals surface area contributed by atoms with E-state index in [0.29, 0.717) is 0 Å². The average molecular weight is 233 g/mol. The van der Waals surface area contributed by atoms with E-state index >= 15 is 0 Å². The molecule has 0 heterocycles. The van der Waals surface area contributed by atoms with E-state index in [2.05, 4.69) is 29.6 Å². The molecule has 1 fully saturated rings. The fourth-order valence-electron chi connectivity index (χ4n) is 2.04. The molecule has 0 atom stereocenters. The van der Waals surface area contributed by atoms with Crippen LogP contribution in [0, 0.1) is 5.92 Å². The van der Waals surface area contributed by atoms with Crippen LogP contribution >= 0.6 is 0 Å². The van der Waals surface area contributed by atoms with Gasteiger partial charge in [0.2, 0.25) is 0 Å². The maximum absolute atomic E-state index is 5.77. The van der Waals surface area contributed by atoms with Crippen LogP contribution in [-0.4, -0.2) is 20.2 Å². The number of hydrogen-bond donors (Lipinski definition) is 1. The van der Waals surface area contributed by atoms with Crippen LogP contribution in [0.15, 0.2) is 24.3 Å². The molecule has 1 aliphatic rings. The summed E-state index contributed by atoms with van der Waals surface area (Å²) in [5.41, 5.74) is 2.76. The molecule has 1 aromatic carbocycles. The van der Waals surface area contributed by atoms with E-state index < -0.39 is 0 Å². The zero-order valence-electron chi connectivity index (χ0n) is 10.7. The maximum Gasteiger partial charge on any atom is 0.0719 e. The third kappa shape index (κ3) is 4.49. The first-order valence-electron chi connectivity index (χ1n) is 6.69. The Morgan fingerprint density at radius 3 is 2.71 bits per heavy atom.